The van der Waals surface area contributed by atoms with E-state index in [4.69, 9.17) is 0 Å². The smallest absolute Gasteiger partial charge is 0.282 e. The summed E-state index contributed by atoms with van der Waals surface area (Å²) < 4.78 is 0. The van der Waals surface area contributed by atoms with Crippen LogP contribution in [0.1, 0.15) is 38.0 Å². The standard InChI is InChI=1S/C18H13N3O6/c1-10(22)11-5-7-12(8-6-11)19-15(23)9-20-17(24)13-3-2-4-14(21(26)27)16(13)18(20)25/h2-8H,9H2,1H3,(H,19,23). The Morgan fingerprint density at radius 3 is 2.33 bits per heavy atom. The van der Waals surface area contributed by atoms with Crippen LogP contribution in [0.25, 0.3) is 0 Å². The Labute approximate surface area is 152 Å². The molecule has 1 heterocycles. The van der Waals surface area contributed by atoms with Crippen molar-refractivity contribution in [1.29, 1.82) is 0 Å². The number of nitro groups is 1. The predicted octanol–water partition coefficient (Wildman–Crippen LogP) is 2.03. The zero-order chi connectivity index (χ0) is 19.7. The van der Waals surface area contributed by atoms with Gasteiger partial charge in [-0.25, -0.2) is 0 Å². The van der Waals surface area contributed by atoms with Crippen LogP contribution in [0, 0.1) is 10.1 Å². The van der Waals surface area contributed by atoms with Crippen molar-refractivity contribution in [1.82, 2.24) is 4.90 Å². The summed E-state index contributed by atoms with van der Waals surface area (Å²) in [6, 6.07) is 9.84. The molecular formula is C18H13N3O6. The molecule has 3 amide bonds. The predicted molar refractivity (Wildman–Crippen MR) is 93.5 cm³/mol. The van der Waals surface area contributed by atoms with E-state index in [9.17, 15) is 29.3 Å². The summed E-state index contributed by atoms with van der Waals surface area (Å²) in [5, 5.41) is 13.6. The fourth-order valence-corrected chi connectivity index (χ4v) is 2.74. The highest BCUT2D eigenvalue weighted by atomic mass is 16.6. The fraction of sp³-hybridized carbons (Fsp3) is 0.111. The Kier molecular flexibility index (Phi) is 4.51. The molecule has 9 nitrogen and oxygen atoms in total. The Bertz CT molecular complexity index is 997. The van der Waals surface area contributed by atoms with E-state index in [-0.39, 0.29) is 16.9 Å². The number of hydrogen-bond donors (Lipinski definition) is 1. The van der Waals surface area contributed by atoms with Crippen molar-refractivity contribution in [3.63, 3.8) is 0 Å². The topological polar surface area (TPSA) is 127 Å². The highest BCUT2D eigenvalue weighted by Gasteiger charge is 2.41. The van der Waals surface area contributed by atoms with E-state index >= 15 is 0 Å². The molecule has 9 heteroatoms. The molecule has 0 radical (unpaired) electrons. The zero-order valence-electron chi connectivity index (χ0n) is 14.1. The van der Waals surface area contributed by atoms with Gasteiger partial charge in [0.15, 0.2) is 5.78 Å². The number of ketones is 1. The number of fused-ring (bicyclic) bond motifs is 1. The first kappa shape index (κ1) is 17.9. The summed E-state index contributed by atoms with van der Waals surface area (Å²) >= 11 is 0. The van der Waals surface area contributed by atoms with Gasteiger partial charge in [-0.1, -0.05) is 6.07 Å². The van der Waals surface area contributed by atoms with Crippen molar-refractivity contribution in [2.75, 3.05) is 11.9 Å². The Morgan fingerprint density at radius 1 is 1.07 bits per heavy atom. The van der Waals surface area contributed by atoms with Crippen LogP contribution in [0.15, 0.2) is 42.5 Å². The summed E-state index contributed by atoms with van der Waals surface area (Å²) in [4.78, 5) is 59.2. The lowest BCUT2D eigenvalue weighted by Gasteiger charge is -2.13. The first-order valence-corrected chi connectivity index (χ1v) is 7.84. The van der Waals surface area contributed by atoms with Crippen LogP contribution in [0.3, 0.4) is 0 Å². The molecule has 2 aromatic carbocycles. The van der Waals surface area contributed by atoms with Crippen molar-refractivity contribution in [2.45, 2.75) is 6.92 Å². The number of hydrogen-bond acceptors (Lipinski definition) is 6. The highest BCUT2D eigenvalue weighted by Crippen LogP contribution is 2.30. The summed E-state index contributed by atoms with van der Waals surface area (Å²) in [6.45, 7) is 0.826. The minimum absolute atomic E-state index is 0.104. The minimum Gasteiger partial charge on any atom is -0.325 e. The number of nitrogens with zero attached hydrogens (tertiary/aromatic N) is 2. The highest BCUT2D eigenvalue weighted by molar-refractivity contribution is 6.24. The first-order valence-electron chi connectivity index (χ1n) is 7.84. The lowest BCUT2D eigenvalue weighted by molar-refractivity contribution is -0.385. The van der Waals surface area contributed by atoms with Crippen LogP contribution < -0.4 is 5.32 Å². The average molecular weight is 367 g/mol. The molecule has 0 aromatic heterocycles. The van der Waals surface area contributed by atoms with Crippen LogP contribution in [-0.4, -0.2) is 39.9 Å². The third-order valence-electron chi connectivity index (χ3n) is 4.05. The SMILES string of the molecule is CC(=O)c1ccc(NC(=O)CN2C(=O)c3cccc([N+](=O)[O-])c3C2=O)cc1. The number of imide groups is 1. The molecule has 0 bridgehead atoms. The number of nitro benzene ring substituents is 1. The van der Waals surface area contributed by atoms with Gasteiger partial charge in [0, 0.05) is 17.3 Å². The van der Waals surface area contributed by atoms with Crippen LogP contribution in [0.5, 0.6) is 0 Å². The van der Waals surface area contributed by atoms with Gasteiger partial charge in [0.25, 0.3) is 17.5 Å². The normalized spacial score (nSPS) is 12.7. The molecule has 1 aliphatic heterocycles. The van der Waals surface area contributed by atoms with Gasteiger partial charge < -0.3 is 5.32 Å². The molecule has 2 aromatic rings. The van der Waals surface area contributed by atoms with Crippen LogP contribution in [0.4, 0.5) is 11.4 Å². The number of anilines is 1. The maximum Gasteiger partial charge on any atom is 0.282 e. The maximum absolute atomic E-state index is 12.4. The van der Waals surface area contributed by atoms with Crippen molar-refractivity contribution in [3.8, 4) is 0 Å². The van der Waals surface area contributed by atoms with Gasteiger partial charge in [-0.2, -0.15) is 0 Å². The van der Waals surface area contributed by atoms with Crippen molar-refractivity contribution in [2.24, 2.45) is 0 Å². The minimum atomic E-state index is -0.885. The van der Waals surface area contributed by atoms with Gasteiger partial charge in [0.05, 0.1) is 10.5 Å². The molecule has 3 rings (SSSR count). The summed E-state index contributed by atoms with van der Waals surface area (Å²) in [7, 11) is 0. The van der Waals surface area contributed by atoms with Crippen molar-refractivity contribution >= 4 is 34.9 Å². The molecule has 0 unspecified atom stereocenters. The molecule has 1 aliphatic rings. The quantitative estimate of drug-likeness (QED) is 0.373. The summed E-state index contributed by atoms with van der Waals surface area (Å²) in [6.07, 6.45) is 0. The molecule has 0 saturated heterocycles. The van der Waals surface area contributed by atoms with Gasteiger partial charge in [0.1, 0.15) is 12.1 Å². The molecule has 0 fully saturated rings. The van der Waals surface area contributed by atoms with E-state index in [2.05, 4.69) is 5.32 Å². The number of carbonyl (C=O) groups is 4. The number of benzene rings is 2. The Morgan fingerprint density at radius 2 is 1.74 bits per heavy atom. The molecule has 0 aliphatic carbocycles. The van der Waals surface area contributed by atoms with Crippen molar-refractivity contribution < 1.29 is 24.1 Å². The lowest BCUT2D eigenvalue weighted by atomic mass is 10.1. The second kappa shape index (κ2) is 6.79. The molecule has 0 atom stereocenters. The zero-order valence-corrected chi connectivity index (χ0v) is 14.1. The second-order valence-corrected chi connectivity index (χ2v) is 5.83. The van der Waals surface area contributed by atoms with Crippen LogP contribution in [-0.2, 0) is 4.79 Å². The lowest BCUT2D eigenvalue weighted by Crippen LogP contribution is -2.37. The number of rotatable bonds is 5. The average Bonchev–Trinajstić information content (AvgIpc) is 2.87. The summed E-state index contributed by atoms with van der Waals surface area (Å²) in [5.74, 6) is -2.42. The maximum atomic E-state index is 12.4. The van der Waals surface area contributed by atoms with E-state index < -0.39 is 34.9 Å². The largest absolute Gasteiger partial charge is 0.325 e. The molecule has 0 saturated carbocycles. The number of amides is 3. The fourth-order valence-electron chi connectivity index (χ4n) is 2.74. The van der Waals surface area contributed by atoms with E-state index in [1.807, 2.05) is 0 Å². The third-order valence-corrected chi connectivity index (χ3v) is 4.05. The Hall–Kier alpha value is -3.88. The van der Waals surface area contributed by atoms with Crippen LogP contribution in [0.2, 0.25) is 0 Å². The number of nitrogens with one attached hydrogen (secondary N) is 1. The van der Waals surface area contributed by atoms with E-state index in [0.29, 0.717) is 16.2 Å². The molecule has 1 N–H and O–H groups in total. The van der Waals surface area contributed by atoms with Crippen molar-refractivity contribution in [3.05, 3.63) is 69.3 Å². The monoisotopic (exact) mass is 367 g/mol. The van der Waals surface area contributed by atoms with Gasteiger partial charge >= 0.3 is 0 Å². The molecule has 0 spiro atoms. The summed E-state index contributed by atoms with van der Waals surface area (Å²) in [5.41, 5.74) is -0.0410. The molecular weight excluding hydrogens is 354 g/mol. The molecule has 27 heavy (non-hydrogen) atoms. The van der Waals surface area contributed by atoms with E-state index in [1.165, 1.54) is 43.3 Å². The van der Waals surface area contributed by atoms with Crippen LogP contribution >= 0.6 is 0 Å². The number of Topliss-reactive ketones (excluding diaryl/α,β-unsaturated/α-hetero) is 1. The Balaban J connectivity index is 1.76. The van der Waals surface area contributed by atoms with Gasteiger partial charge in [0.2, 0.25) is 5.91 Å². The van der Waals surface area contributed by atoms with Gasteiger partial charge in [-0.05, 0) is 37.3 Å². The molecule has 136 valence electrons. The second-order valence-electron chi connectivity index (χ2n) is 5.83. The first-order chi connectivity index (χ1) is 12.8. The number of carbonyl (C=O) groups excluding carboxylic acids is 4. The van der Waals surface area contributed by atoms with E-state index in [1.54, 1.807) is 0 Å². The van der Waals surface area contributed by atoms with Gasteiger partial charge in [-0.3, -0.25) is 34.2 Å². The third kappa shape index (κ3) is 3.30. The van der Waals surface area contributed by atoms with Gasteiger partial charge in [-0.15, -0.1) is 0 Å². The van der Waals surface area contributed by atoms with E-state index in [0.717, 1.165) is 6.07 Å².